The molecule has 0 unspecified atom stereocenters. The molecule has 3 amide bonds. The van der Waals surface area contributed by atoms with Gasteiger partial charge < -0.3 is 15.3 Å². The standard InChI is InChI=1S/C18H25N3O3/c1-3-12(2)16-17(23)19-14-6-4-5-7-15(14)21(16)18(24)20-9-8-13(10-20)11-22/h4-7,12-13,16,22H,3,8-11H2,1-2H3,(H,19,23)/t12-,13-,16-/m0/s1. The SMILES string of the molecule is CC[C@H](C)[C@H]1C(=O)Nc2ccccc2N1C(=O)N1CC[C@H](CO)C1. The van der Waals surface area contributed by atoms with E-state index in [1.807, 2.05) is 38.1 Å². The van der Waals surface area contributed by atoms with Crippen LogP contribution in [0, 0.1) is 11.8 Å². The predicted octanol–water partition coefficient (Wildman–Crippen LogP) is 2.29. The number of hydrogen-bond donors (Lipinski definition) is 2. The van der Waals surface area contributed by atoms with Crippen LogP contribution in [-0.4, -0.2) is 47.7 Å². The van der Waals surface area contributed by atoms with Gasteiger partial charge >= 0.3 is 6.03 Å². The molecule has 0 aliphatic carbocycles. The summed E-state index contributed by atoms with van der Waals surface area (Å²) in [5.41, 5.74) is 1.42. The zero-order valence-corrected chi connectivity index (χ0v) is 14.2. The lowest BCUT2D eigenvalue weighted by Gasteiger charge is -2.40. The van der Waals surface area contributed by atoms with E-state index in [0.29, 0.717) is 18.8 Å². The van der Waals surface area contributed by atoms with Crippen molar-refractivity contribution >= 4 is 23.3 Å². The number of aliphatic hydroxyl groups is 1. The Morgan fingerprint density at radius 2 is 2.17 bits per heavy atom. The fraction of sp³-hybridized carbons (Fsp3) is 0.556. The summed E-state index contributed by atoms with van der Waals surface area (Å²) in [6.45, 7) is 5.29. The number of nitrogens with one attached hydrogen (secondary N) is 1. The molecule has 2 heterocycles. The summed E-state index contributed by atoms with van der Waals surface area (Å²) >= 11 is 0. The van der Waals surface area contributed by atoms with Crippen LogP contribution in [0.4, 0.5) is 16.2 Å². The van der Waals surface area contributed by atoms with E-state index < -0.39 is 6.04 Å². The number of benzene rings is 1. The normalized spacial score (nSPS) is 24.5. The number of nitrogens with zero attached hydrogens (tertiary/aromatic N) is 2. The molecule has 6 heteroatoms. The maximum absolute atomic E-state index is 13.2. The summed E-state index contributed by atoms with van der Waals surface area (Å²) in [5.74, 6) is 0.0534. The molecule has 24 heavy (non-hydrogen) atoms. The van der Waals surface area contributed by atoms with Crippen molar-refractivity contribution in [2.75, 3.05) is 29.9 Å². The Balaban J connectivity index is 1.96. The molecule has 1 aromatic rings. The number of fused-ring (bicyclic) bond motifs is 1. The summed E-state index contributed by atoms with van der Waals surface area (Å²) in [7, 11) is 0. The third-order valence-corrected chi connectivity index (χ3v) is 5.17. The molecule has 0 saturated carbocycles. The summed E-state index contributed by atoms with van der Waals surface area (Å²) < 4.78 is 0. The van der Waals surface area contributed by atoms with E-state index in [4.69, 9.17) is 0 Å². The predicted molar refractivity (Wildman–Crippen MR) is 93.0 cm³/mol. The molecule has 1 saturated heterocycles. The topological polar surface area (TPSA) is 72.9 Å². The van der Waals surface area contributed by atoms with Crippen LogP contribution in [0.3, 0.4) is 0 Å². The third kappa shape index (κ3) is 2.86. The van der Waals surface area contributed by atoms with Crippen LogP contribution in [0.5, 0.6) is 0 Å². The number of para-hydroxylation sites is 2. The van der Waals surface area contributed by atoms with Crippen LogP contribution >= 0.6 is 0 Å². The molecule has 2 aliphatic rings. The largest absolute Gasteiger partial charge is 0.396 e. The molecule has 1 fully saturated rings. The fourth-order valence-electron chi connectivity index (χ4n) is 3.53. The van der Waals surface area contributed by atoms with Crippen molar-refractivity contribution in [1.82, 2.24) is 4.90 Å². The quantitative estimate of drug-likeness (QED) is 0.892. The molecule has 0 radical (unpaired) electrons. The van der Waals surface area contributed by atoms with Gasteiger partial charge in [-0.25, -0.2) is 4.79 Å². The Labute approximate surface area is 142 Å². The minimum Gasteiger partial charge on any atom is -0.396 e. The van der Waals surface area contributed by atoms with Crippen molar-refractivity contribution in [3.63, 3.8) is 0 Å². The number of carbonyl (C=O) groups excluding carboxylic acids is 2. The number of hydrogen-bond acceptors (Lipinski definition) is 3. The number of aliphatic hydroxyl groups excluding tert-OH is 1. The molecule has 130 valence electrons. The lowest BCUT2D eigenvalue weighted by molar-refractivity contribution is -0.118. The van der Waals surface area contributed by atoms with Gasteiger partial charge in [-0.05, 0) is 24.5 Å². The summed E-state index contributed by atoms with van der Waals surface area (Å²) in [5, 5.41) is 12.3. The molecule has 3 atom stereocenters. The second-order valence-corrected chi connectivity index (χ2v) is 6.77. The highest BCUT2D eigenvalue weighted by Gasteiger charge is 2.42. The van der Waals surface area contributed by atoms with Crippen LogP contribution in [-0.2, 0) is 4.79 Å². The first-order valence-electron chi connectivity index (χ1n) is 8.65. The van der Waals surface area contributed by atoms with Crippen molar-refractivity contribution in [2.24, 2.45) is 11.8 Å². The van der Waals surface area contributed by atoms with Crippen molar-refractivity contribution in [3.05, 3.63) is 24.3 Å². The zero-order chi connectivity index (χ0) is 17.3. The van der Waals surface area contributed by atoms with Gasteiger partial charge in [0, 0.05) is 25.6 Å². The Morgan fingerprint density at radius 3 is 2.83 bits per heavy atom. The van der Waals surface area contributed by atoms with Crippen LogP contribution in [0.15, 0.2) is 24.3 Å². The maximum Gasteiger partial charge on any atom is 0.325 e. The van der Waals surface area contributed by atoms with E-state index >= 15 is 0 Å². The van der Waals surface area contributed by atoms with Gasteiger partial charge in [0.2, 0.25) is 5.91 Å². The highest BCUT2D eigenvalue weighted by molar-refractivity contribution is 6.11. The number of carbonyl (C=O) groups is 2. The Bertz CT molecular complexity index is 634. The van der Waals surface area contributed by atoms with Gasteiger partial charge in [-0.2, -0.15) is 0 Å². The van der Waals surface area contributed by atoms with Gasteiger partial charge in [-0.15, -0.1) is 0 Å². The molecule has 2 N–H and O–H groups in total. The van der Waals surface area contributed by atoms with E-state index in [-0.39, 0.29) is 30.4 Å². The molecular weight excluding hydrogens is 306 g/mol. The van der Waals surface area contributed by atoms with Gasteiger partial charge in [-0.1, -0.05) is 32.4 Å². The van der Waals surface area contributed by atoms with Crippen molar-refractivity contribution in [1.29, 1.82) is 0 Å². The number of amides is 3. The van der Waals surface area contributed by atoms with Crippen molar-refractivity contribution in [3.8, 4) is 0 Å². The highest BCUT2D eigenvalue weighted by Crippen LogP contribution is 2.36. The van der Waals surface area contributed by atoms with E-state index in [1.165, 1.54) is 0 Å². The highest BCUT2D eigenvalue weighted by atomic mass is 16.3. The van der Waals surface area contributed by atoms with Crippen LogP contribution < -0.4 is 10.2 Å². The van der Waals surface area contributed by atoms with Gasteiger partial charge in [0.25, 0.3) is 0 Å². The van der Waals surface area contributed by atoms with Crippen molar-refractivity contribution in [2.45, 2.75) is 32.7 Å². The third-order valence-electron chi connectivity index (χ3n) is 5.17. The van der Waals surface area contributed by atoms with Crippen LogP contribution in [0.1, 0.15) is 26.7 Å². The molecule has 6 nitrogen and oxygen atoms in total. The number of anilines is 2. The lowest BCUT2D eigenvalue weighted by atomic mass is 9.94. The maximum atomic E-state index is 13.2. The number of rotatable bonds is 3. The van der Waals surface area contributed by atoms with E-state index in [1.54, 1.807) is 9.80 Å². The Hall–Kier alpha value is -2.08. The monoisotopic (exact) mass is 331 g/mol. The van der Waals surface area contributed by atoms with Crippen LogP contribution in [0.25, 0.3) is 0 Å². The lowest BCUT2D eigenvalue weighted by Crippen LogP contribution is -2.57. The second kappa shape index (κ2) is 6.81. The molecule has 1 aromatic carbocycles. The smallest absolute Gasteiger partial charge is 0.325 e. The average Bonchev–Trinajstić information content (AvgIpc) is 3.08. The first kappa shape index (κ1) is 16.8. The molecule has 0 bridgehead atoms. The van der Waals surface area contributed by atoms with Gasteiger partial charge in [0.15, 0.2) is 0 Å². The molecule has 0 aromatic heterocycles. The zero-order valence-electron chi connectivity index (χ0n) is 14.2. The first-order chi connectivity index (χ1) is 11.6. The van der Waals surface area contributed by atoms with Crippen molar-refractivity contribution < 1.29 is 14.7 Å². The Morgan fingerprint density at radius 1 is 1.42 bits per heavy atom. The van der Waals surface area contributed by atoms with Gasteiger partial charge in [0.05, 0.1) is 11.4 Å². The second-order valence-electron chi connectivity index (χ2n) is 6.77. The van der Waals surface area contributed by atoms with E-state index in [0.717, 1.165) is 18.5 Å². The number of urea groups is 1. The van der Waals surface area contributed by atoms with E-state index in [9.17, 15) is 14.7 Å². The molecular formula is C18H25N3O3. The molecule has 3 rings (SSSR count). The minimum atomic E-state index is -0.509. The summed E-state index contributed by atoms with van der Waals surface area (Å²) in [6.07, 6.45) is 1.61. The summed E-state index contributed by atoms with van der Waals surface area (Å²) in [4.78, 5) is 29.2. The molecule has 0 spiro atoms. The minimum absolute atomic E-state index is 0.0542. The van der Waals surface area contributed by atoms with Crippen LogP contribution in [0.2, 0.25) is 0 Å². The average molecular weight is 331 g/mol. The fourth-order valence-corrected chi connectivity index (χ4v) is 3.53. The Kier molecular flexibility index (Phi) is 4.76. The van der Waals surface area contributed by atoms with Gasteiger partial charge in [0.1, 0.15) is 6.04 Å². The first-order valence-corrected chi connectivity index (χ1v) is 8.65. The van der Waals surface area contributed by atoms with Gasteiger partial charge in [-0.3, -0.25) is 9.69 Å². The summed E-state index contributed by atoms with van der Waals surface area (Å²) in [6, 6.07) is 6.78. The molecule has 2 aliphatic heterocycles. The number of likely N-dealkylation sites (tertiary alicyclic amines) is 1. The van der Waals surface area contributed by atoms with E-state index in [2.05, 4.69) is 5.32 Å².